The average Bonchev–Trinajstić information content (AvgIpc) is 2.72. The van der Waals surface area contributed by atoms with Crippen LogP contribution in [0, 0.1) is 0 Å². The highest BCUT2D eigenvalue weighted by atomic mass is 79.9. The second-order valence-electron chi connectivity index (χ2n) is 3.88. The minimum Gasteiger partial charge on any atom is -0.236 e. The monoisotopic (exact) mass is 305 g/mol. The van der Waals surface area contributed by atoms with Crippen molar-refractivity contribution in [2.75, 3.05) is 0 Å². The maximum absolute atomic E-state index is 4.64. The second kappa shape index (κ2) is 4.20. The lowest BCUT2D eigenvalue weighted by Gasteiger charge is -1.92. The fraction of sp³-hybridized carbons (Fsp3) is 0.0769. The number of pyridine rings is 1. The average molecular weight is 306 g/mol. The molecule has 2 nitrogen and oxygen atoms in total. The number of thiazole rings is 1. The maximum atomic E-state index is 4.64. The van der Waals surface area contributed by atoms with Gasteiger partial charge in [-0.1, -0.05) is 15.9 Å². The van der Waals surface area contributed by atoms with Gasteiger partial charge in [0.25, 0.3) is 0 Å². The van der Waals surface area contributed by atoms with Gasteiger partial charge in [-0.3, -0.25) is 0 Å². The zero-order chi connectivity index (χ0) is 11.8. The maximum Gasteiger partial charge on any atom is 0.169 e. The summed E-state index contributed by atoms with van der Waals surface area (Å²) in [4.78, 5) is 4.64. The number of rotatable bonds is 1. The Labute approximate surface area is 112 Å². The van der Waals surface area contributed by atoms with E-state index in [2.05, 4.69) is 39.1 Å². The van der Waals surface area contributed by atoms with Crippen LogP contribution in [0.2, 0.25) is 0 Å². The van der Waals surface area contributed by atoms with Crippen molar-refractivity contribution in [1.29, 1.82) is 0 Å². The first-order valence-corrected chi connectivity index (χ1v) is 6.85. The van der Waals surface area contributed by atoms with Gasteiger partial charge in [0, 0.05) is 22.2 Å². The molecule has 17 heavy (non-hydrogen) atoms. The highest BCUT2D eigenvalue weighted by Gasteiger charge is 2.07. The fourth-order valence-electron chi connectivity index (χ4n) is 1.67. The van der Waals surface area contributed by atoms with Crippen LogP contribution in [0.1, 0.15) is 0 Å². The Morgan fingerprint density at radius 1 is 1.18 bits per heavy atom. The van der Waals surface area contributed by atoms with Gasteiger partial charge >= 0.3 is 0 Å². The summed E-state index contributed by atoms with van der Waals surface area (Å²) in [6, 6.07) is 10.4. The van der Waals surface area contributed by atoms with Gasteiger partial charge in [-0.15, -0.1) is 11.3 Å². The summed E-state index contributed by atoms with van der Waals surface area (Å²) in [6.45, 7) is 0. The van der Waals surface area contributed by atoms with Crippen molar-refractivity contribution in [3.05, 3.63) is 47.2 Å². The third kappa shape index (κ3) is 2.10. The zero-order valence-corrected chi connectivity index (χ0v) is 11.6. The molecule has 3 aromatic rings. The molecule has 0 saturated heterocycles. The molecule has 3 rings (SSSR count). The van der Waals surface area contributed by atoms with Gasteiger partial charge in [-0.2, -0.15) is 0 Å². The molecule has 0 spiro atoms. The Kier molecular flexibility index (Phi) is 2.68. The van der Waals surface area contributed by atoms with Crippen LogP contribution in [0.5, 0.6) is 0 Å². The van der Waals surface area contributed by atoms with Crippen molar-refractivity contribution in [1.82, 2.24) is 4.98 Å². The number of fused-ring (bicyclic) bond motifs is 1. The summed E-state index contributed by atoms with van der Waals surface area (Å²) >= 11 is 5.20. The van der Waals surface area contributed by atoms with Gasteiger partial charge in [-0.25, -0.2) is 9.55 Å². The van der Waals surface area contributed by atoms with E-state index >= 15 is 0 Å². The highest BCUT2D eigenvalue weighted by Crippen LogP contribution is 2.31. The standard InChI is InChI=1S/C13H10BrN2S/c1-16-6-4-9(5-7-16)13-15-11-3-2-10(14)8-12(11)17-13/h2-8H,1H3/q+1. The lowest BCUT2D eigenvalue weighted by Crippen LogP contribution is -2.25. The van der Waals surface area contributed by atoms with Crippen molar-refractivity contribution in [3.63, 3.8) is 0 Å². The predicted octanol–water partition coefficient (Wildman–Crippen LogP) is 3.55. The summed E-state index contributed by atoms with van der Waals surface area (Å²) in [5.74, 6) is 0. The molecule has 0 saturated carbocycles. The lowest BCUT2D eigenvalue weighted by molar-refractivity contribution is -0.671. The quantitative estimate of drug-likeness (QED) is 0.628. The molecule has 0 unspecified atom stereocenters. The van der Waals surface area contributed by atoms with E-state index in [1.54, 1.807) is 11.3 Å². The summed E-state index contributed by atoms with van der Waals surface area (Å²) in [6.07, 6.45) is 4.08. The van der Waals surface area contributed by atoms with Crippen molar-refractivity contribution in [3.8, 4) is 10.6 Å². The first-order chi connectivity index (χ1) is 8.22. The Morgan fingerprint density at radius 3 is 2.71 bits per heavy atom. The van der Waals surface area contributed by atoms with Crippen molar-refractivity contribution in [2.45, 2.75) is 0 Å². The molecular formula is C13H10BrN2S+. The molecule has 0 aliphatic carbocycles. The molecular weight excluding hydrogens is 296 g/mol. The predicted molar refractivity (Wildman–Crippen MR) is 73.9 cm³/mol. The topological polar surface area (TPSA) is 16.8 Å². The number of hydrogen-bond donors (Lipinski definition) is 0. The normalized spacial score (nSPS) is 10.9. The van der Waals surface area contributed by atoms with E-state index in [0.29, 0.717) is 0 Å². The Bertz CT molecular complexity index is 673. The molecule has 2 aromatic heterocycles. The number of aryl methyl sites for hydroxylation is 1. The lowest BCUT2D eigenvalue weighted by atomic mass is 10.3. The van der Waals surface area contributed by atoms with E-state index in [1.165, 1.54) is 10.3 Å². The summed E-state index contributed by atoms with van der Waals surface area (Å²) in [5.41, 5.74) is 2.22. The molecule has 0 bridgehead atoms. The molecule has 0 aliphatic heterocycles. The molecule has 0 fully saturated rings. The number of halogens is 1. The summed E-state index contributed by atoms with van der Waals surface area (Å²) in [7, 11) is 2.01. The minimum absolute atomic E-state index is 1.06. The van der Waals surface area contributed by atoms with Crippen LogP contribution < -0.4 is 4.57 Å². The molecule has 0 N–H and O–H groups in total. The van der Waals surface area contributed by atoms with Gasteiger partial charge in [0.1, 0.15) is 12.1 Å². The first kappa shape index (κ1) is 10.9. The van der Waals surface area contributed by atoms with E-state index in [0.717, 1.165) is 15.0 Å². The van der Waals surface area contributed by atoms with E-state index in [9.17, 15) is 0 Å². The van der Waals surface area contributed by atoms with Crippen LogP contribution in [0.3, 0.4) is 0 Å². The smallest absolute Gasteiger partial charge is 0.169 e. The Balaban J connectivity index is 2.14. The molecule has 4 heteroatoms. The molecule has 0 aliphatic rings. The van der Waals surface area contributed by atoms with Gasteiger partial charge in [0.05, 0.1) is 10.2 Å². The molecule has 84 valence electrons. The van der Waals surface area contributed by atoms with E-state index in [-0.39, 0.29) is 0 Å². The molecule has 0 atom stereocenters. The Morgan fingerprint density at radius 2 is 1.94 bits per heavy atom. The highest BCUT2D eigenvalue weighted by molar-refractivity contribution is 9.10. The fourth-order valence-corrected chi connectivity index (χ4v) is 3.19. The molecule has 1 aromatic carbocycles. The summed E-state index contributed by atoms with van der Waals surface area (Å²) in [5, 5.41) is 1.07. The van der Waals surface area contributed by atoms with Crippen molar-refractivity contribution >= 4 is 37.5 Å². The van der Waals surface area contributed by atoms with E-state index < -0.39 is 0 Å². The third-order valence-corrected chi connectivity index (χ3v) is 4.14. The van der Waals surface area contributed by atoms with Crippen LogP contribution in [0.4, 0.5) is 0 Å². The largest absolute Gasteiger partial charge is 0.236 e. The SMILES string of the molecule is C[n+]1ccc(-c2nc3ccc(Br)cc3s2)cc1. The van der Waals surface area contributed by atoms with Crippen LogP contribution in [-0.4, -0.2) is 4.98 Å². The number of nitrogens with zero attached hydrogens (tertiary/aromatic N) is 2. The van der Waals surface area contributed by atoms with Crippen LogP contribution in [-0.2, 0) is 7.05 Å². The van der Waals surface area contributed by atoms with E-state index in [4.69, 9.17) is 0 Å². The van der Waals surface area contributed by atoms with Gasteiger partial charge < -0.3 is 0 Å². The second-order valence-corrected chi connectivity index (χ2v) is 5.83. The molecule has 0 amide bonds. The van der Waals surface area contributed by atoms with Crippen molar-refractivity contribution < 1.29 is 4.57 Å². The van der Waals surface area contributed by atoms with Gasteiger partial charge in [-0.05, 0) is 18.2 Å². The Hall–Kier alpha value is -1.26. The number of benzene rings is 1. The van der Waals surface area contributed by atoms with Crippen LogP contribution in [0.15, 0.2) is 47.2 Å². The first-order valence-electron chi connectivity index (χ1n) is 5.24. The minimum atomic E-state index is 1.06. The third-order valence-electron chi connectivity index (χ3n) is 2.58. The molecule has 2 heterocycles. The number of aromatic nitrogens is 2. The van der Waals surface area contributed by atoms with Gasteiger partial charge in [0.15, 0.2) is 12.4 Å². The summed E-state index contributed by atoms with van der Waals surface area (Å²) < 4.78 is 4.33. The molecule has 0 radical (unpaired) electrons. The van der Waals surface area contributed by atoms with Crippen LogP contribution in [0.25, 0.3) is 20.8 Å². The van der Waals surface area contributed by atoms with Gasteiger partial charge in [0.2, 0.25) is 0 Å². The zero-order valence-electron chi connectivity index (χ0n) is 9.22. The van der Waals surface area contributed by atoms with Crippen LogP contribution >= 0.6 is 27.3 Å². The van der Waals surface area contributed by atoms with Crippen molar-refractivity contribution in [2.24, 2.45) is 7.05 Å². The van der Waals surface area contributed by atoms with E-state index in [1.807, 2.05) is 36.1 Å². The number of hydrogen-bond acceptors (Lipinski definition) is 2.